The van der Waals surface area contributed by atoms with Crippen LogP contribution in [0.15, 0.2) is 0 Å². The third-order valence-electron chi connectivity index (χ3n) is 2.39. The Labute approximate surface area is 125 Å². The van der Waals surface area contributed by atoms with Crippen molar-refractivity contribution in [3.8, 4) is 0 Å². The predicted octanol–water partition coefficient (Wildman–Crippen LogP) is -0.102. The molecule has 0 radical (unpaired) electrons. The van der Waals surface area contributed by atoms with Gasteiger partial charge in [0.25, 0.3) is 7.82 Å². The maximum absolute atomic E-state index is 11.5. The van der Waals surface area contributed by atoms with Gasteiger partial charge in [0.15, 0.2) is 0 Å². The van der Waals surface area contributed by atoms with Crippen molar-refractivity contribution in [3.05, 3.63) is 0 Å². The Kier molecular flexibility index (Phi) is 9.28. The molecule has 0 fully saturated rings. The Balaban J connectivity index is 4.14. The van der Waals surface area contributed by atoms with Crippen molar-refractivity contribution in [1.82, 2.24) is 0 Å². The van der Waals surface area contributed by atoms with Crippen molar-refractivity contribution >= 4 is 13.8 Å². The van der Waals surface area contributed by atoms with Crippen molar-refractivity contribution in [2.45, 2.75) is 25.9 Å². The summed E-state index contributed by atoms with van der Waals surface area (Å²) < 4.78 is 26.2. The lowest BCUT2D eigenvalue weighted by molar-refractivity contribution is -0.870. The van der Waals surface area contributed by atoms with Crippen LogP contribution in [0.25, 0.3) is 0 Å². The molecule has 1 N–H and O–H groups in total. The van der Waals surface area contributed by atoms with E-state index >= 15 is 0 Å². The summed E-state index contributed by atoms with van der Waals surface area (Å²) in [7, 11) is 1.23. The van der Waals surface area contributed by atoms with Crippen LogP contribution in [-0.2, 0) is 23.1 Å². The normalized spacial score (nSPS) is 16.3. The fourth-order valence-electron chi connectivity index (χ4n) is 1.21. The lowest BCUT2D eigenvalue weighted by atomic mass is 10.3. The highest BCUT2D eigenvalue weighted by Crippen LogP contribution is 2.38. The number of phosphoric ester groups is 1. The summed E-state index contributed by atoms with van der Waals surface area (Å²) in [6.45, 7) is 1.30. The summed E-state index contributed by atoms with van der Waals surface area (Å²) in [5.74, 6) is -0.508. The zero-order valence-corrected chi connectivity index (χ0v) is 14.0. The molecule has 0 bridgehead atoms. The van der Waals surface area contributed by atoms with Gasteiger partial charge in [0, 0.05) is 6.42 Å². The third-order valence-corrected chi connectivity index (χ3v) is 3.35. The summed E-state index contributed by atoms with van der Waals surface area (Å²) >= 11 is 0. The van der Waals surface area contributed by atoms with Crippen LogP contribution in [0.4, 0.5) is 0 Å². The zero-order valence-electron chi connectivity index (χ0n) is 13.1. The van der Waals surface area contributed by atoms with Gasteiger partial charge >= 0.3 is 5.97 Å². The molecular formula is C12H26NO7P. The van der Waals surface area contributed by atoms with E-state index in [9.17, 15) is 14.3 Å². The second kappa shape index (κ2) is 9.50. The average molecular weight is 327 g/mol. The number of hydrogen-bond donors (Lipinski definition) is 1. The molecule has 0 aromatic carbocycles. The molecule has 0 aromatic heterocycles. The van der Waals surface area contributed by atoms with Gasteiger partial charge in [0.05, 0.1) is 34.4 Å². The number of rotatable bonds is 11. The number of hydrogen-bond acceptors (Lipinski definition) is 7. The van der Waals surface area contributed by atoms with Crippen molar-refractivity contribution in [1.29, 1.82) is 0 Å². The molecule has 0 heterocycles. The Hall–Kier alpha value is -0.500. The van der Waals surface area contributed by atoms with E-state index in [1.54, 1.807) is 6.92 Å². The van der Waals surface area contributed by atoms with E-state index in [0.717, 1.165) is 0 Å². The number of aliphatic hydroxyl groups excluding tert-OH is 1. The first-order valence-corrected chi connectivity index (χ1v) is 8.26. The van der Waals surface area contributed by atoms with Crippen LogP contribution < -0.4 is 4.89 Å². The minimum absolute atomic E-state index is 0.0102. The lowest BCUT2D eigenvalue weighted by Gasteiger charge is -2.28. The molecule has 2 atom stereocenters. The van der Waals surface area contributed by atoms with E-state index in [0.29, 0.717) is 17.4 Å². The van der Waals surface area contributed by atoms with Gasteiger partial charge in [-0.2, -0.15) is 0 Å². The van der Waals surface area contributed by atoms with Gasteiger partial charge in [-0.3, -0.25) is 9.36 Å². The average Bonchev–Trinajstić information content (AvgIpc) is 2.32. The van der Waals surface area contributed by atoms with Crippen molar-refractivity contribution < 1.29 is 37.6 Å². The molecule has 126 valence electrons. The molecule has 0 aromatic rings. The number of likely N-dealkylation sites (N-methyl/N-ethyl adjacent to an activating group) is 1. The molecule has 0 aliphatic rings. The fourth-order valence-corrected chi connectivity index (χ4v) is 1.94. The van der Waals surface area contributed by atoms with Crippen LogP contribution in [-0.4, -0.2) is 69.2 Å². The number of nitrogens with zero attached hydrogens (tertiary/aromatic N) is 1. The molecule has 2 unspecified atom stereocenters. The smallest absolute Gasteiger partial charge is 0.306 e. The van der Waals surface area contributed by atoms with Gasteiger partial charge in [-0.1, -0.05) is 6.92 Å². The standard InChI is InChI=1S/C12H26NO7P/c1-5-6-12(15)20-11(9-14)10-19-21(16,17)18-8-7-13(2,3)4/h11,14H,5-10H2,1-4H3. The monoisotopic (exact) mass is 327 g/mol. The predicted molar refractivity (Wildman–Crippen MR) is 74.3 cm³/mol. The molecule has 21 heavy (non-hydrogen) atoms. The van der Waals surface area contributed by atoms with Crippen LogP contribution >= 0.6 is 7.82 Å². The largest absolute Gasteiger partial charge is 0.756 e. The second-order valence-corrected chi connectivity index (χ2v) is 7.05. The molecule has 8 nitrogen and oxygen atoms in total. The van der Waals surface area contributed by atoms with Crippen LogP contribution in [0.1, 0.15) is 19.8 Å². The first-order chi connectivity index (χ1) is 9.59. The fraction of sp³-hybridized carbons (Fsp3) is 0.917. The van der Waals surface area contributed by atoms with Crippen LogP contribution in [0, 0.1) is 0 Å². The second-order valence-electron chi connectivity index (χ2n) is 5.63. The molecular weight excluding hydrogens is 301 g/mol. The van der Waals surface area contributed by atoms with Crippen LogP contribution in [0.3, 0.4) is 0 Å². The summed E-state index contributed by atoms with van der Waals surface area (Å²) in [6.07, 6.45) is -0.217. The summed E-state index contributed by atoms with van der Waals surface area (Å²) in [4.78, 5) is 22.8. The molecule has 0 aliphatic heterocycles. The Morgan fingerprint density at radius 3 is 2.43 bits per heavy atom. The van der Waals surface area contributed by atoms with Crippen LogP contribution in [0.5, 0.6) is 0 Å². The highest BCUT2D eigenvalue weighted by molar-refractivity contribution is 7.45. The van der Waals surface area contributed by atoms with E-state index in [1.165, 1.54) is 0 Å². The number of esters is 1. The van der Waals surface area contributed by atoms with Crippen LogP contribution in [0.2, 0.25) is 0 Å². The molecule has 0 aliphatic carbocycles. The Morgan fingerprint density at radius 2 is 1.95 bits per heavy atom. The topological polar surface area (TPSA) is 105 Å². The van der Waals surface area contributed by atoms with E-state index in [1.807, 2.05) is 21.1 Å². The van der Waals surface area contributed by atoms with E-state index < -0.39 is 33.1 Å². The van der Waals surface area contributed by atoms with Gasteiger partial charge in [-0.05, 0) is 6.42 Å². The number of carbonyl (C=O) groups is 1. The summed E-state index contributed by atoms with van der Waals surface area (Å²) in [6, 6.07) is 0. The molecule has 0 amide bonds. The van der Waals surface area contributed by atoms with Crippen molar-refractivity contribution in [2.24, 2.45) is 0 Å². The molecule has 9 heteroatoms. The summed E-state index contributed by atoms with van der Waals surface area (Å²) in [5.41, 5.74) is 0. The van der Waals surface area contributed by atoms with E-state index in [4.69, 9.17) is 14.4 Å². The SMILES string of the molecule is CCCC(=O)OC(CO)COP(=O)([O-])OCC[N+](C)(C)C. The number of phosphoric acid groups is 1. The van der Waals surface area contributed by atoms with Gasteiger partial charge in [-0.15, -0.1) is 0 Å². The number of carbonyl (C=O) groups excluding carboxylic acids is 1. The molecule has 0 rings (SSSR count). The molecule has 0 saturated heterocycles. The maximum Gasteiger partial charge on any atom is 0.306 e. The zero-order chi connectivity index (χ0) is 16.5. The Bertz CT molecular complexity index is 356. The lowest BCUT2D eigenvalue weighted by Crippen LogP contribution is -2.37. The Morgan fingerprint density at radius 1 is 1.33 bits per heavy atom. The van der Waals surface area contributed by atoms with Gasteiger partial charge in [0.2, 0.25) is 0 Å². The quantitative estimate of drug-likeness (QED) is 0.321. The van der Waals surface area contributed by atoms with Gasteiger partial charge in [-0.25, -0.2) is 0 Å². The van der Waals surface area contributed by atoms with Crippen molar-refractivity contribution in [2.75, 3.05) is 47.5 Å². The minimum Gasteiger partial charge on any atom is -0.756 e. The van der Waals surface area contributed by atoms with E-state index in [-0.39, 0.29) is 13.0 Å². The minimum atomic E-state index is -4.47. The van der Waals surface area contributed by atoms with E-state index in [2.05, 4.69) is 4.52 Å². The highest BCUT2D eigenvalue weighted by atomic mass is 31.2. The maximum atomic E-state index is 11.5. The first kappa shape index (κ1) is 20.5. The third kappa shape index (κ3) is 11.8. The number of ether oxygens (including phenoxy) is 1. The first-order valence-electron chi connectivity index (χ1n) is 6.80. The highest BCUT2D eigenvalue weighted by Gasteiger charge is 2.18. The van der Waals surface area contributed by atoms with Crippen molar-refractivity contribution in [3.63, 3.8) is 0 Å². The van der Waals surface area contributed by atoms with Gasteiger partial charge in [0.1, 0.15) is 19.3 Å². The van der Waals surface area contributed by atoms with Gasteiger partial charge < -0.3 is 28.3 Å². The molecule has 0 saturated carbocycles. The number of quaternary nitrogens is 1. The molecule has 0 spiro atoms. The number of aliphatic hydroxyl groups is 1. The summed E-state index contributed by atoms with van der Waals surface area (Å²) in [5, 5.41) is 9.03.